The first-order valence-corrected chi connectivity index (χ1v) is 8.65. The van der Waals surface area contributed by atoms with Crippen LogP contribution in [0.15, 0.2) is 48.5 Å². The molecule has 1 aliphatic rings. The maximum atomic E-state index is 12.6. The Kier molecular flexibility index (Phi) is 5.34. The molecule has 0 radical (unpaired) electrons. The highest BCUT2D eigenvalue weighted by atomic mass is 35.5. The van der Waals surface area contributed by atoms with Crippen LogP contribution in [0.1, 0.15) is 6.42 Å². The normalized spacial score (nSPS) is 16.6. The van der Waals surface area contributed by atoms with Crippen LogP contribution in [-0.2, 0) is 0 Å². The second-order valence-electron chi connectivity index (χ2n) is 6.27. The minimum absolute atomic E-state index is 0.0201. The van der Waals surface area contributed by atoms with Gasteiger partial charge in [0.2, 0.25) is 0 Å². The molecule has 3 rings (SSSR count). The molecule has 0 spiro atoms. The van der Waals surface area contributed by atoms with Crippen LogP contribution in [-0.4, -0.2) is 44.2 Å². The van der Waals surface area contributed by atoms with Crippen molar-refractivity contribution in [3.8, 4) is 5.75 Å². The van der Waals surface area contributed by atoms with Gasteiger partial charge in [-0.1, -0.05) is 29.8 Å². The van der Waals surface area contributed by atoms with Crippen LogP contribution in [0.2, 0.25) is 5.02 Å². The smallest absolute Gasteiger partial charge is 0.322 e. The number of hydrogen-bond acceptors (Lipinski definition) is 3. The molecule has 6 heteroatoms. The Bertz CT molecular complexity index is 751. The van der Waals surface area contributed by atoms with Gasteiger partial charge < -0.3 is 19.9 Å². The summed E-state index contributed by atoms with van der Waals surface area (Å²) in [7, 11) is 3.91. The van der Waals surface area contributed by atoms with Gasteiger partial charge in [-0.05, 0) is 30.3 Å². The molecule has 0 aromatic heterocycles. The lowest BCUT2D eigenvalue weighted by Crippen LogP contribution is -2.34. The lowest BCUT2D eigenvalue weighted by molar-refractivity contribution is 0.195. The number of benzene rings is 2. The van der Waals surface area contributed by atoms with Crippen molar-refractivity contribution in [1.29, 1.82) is 0 Å². The number of carbonyl (C=O) groups excluding carboxylic acids is 1. The number of nitrogens with zero attached hydrogens (tertiary/aromatic N) is 2. The monoisotopic (exact) mass is 359 g/mol. The fourth-order valence-corrected chi connectivity index (χ4v) is 3.09. The molecule has 132 valence electrons. The molecule has 0 unspecified atom stereocenters. The minimum Gasteiger partial charge on any atom is -0.488 e. The molecular weight excluding hydrogens is 338 g/mol. The van der Waals surface area contributed by atoms with Gasteiger partial charge in [0.05, 0.1) is 17.9 Å². The van der Waals surface area contributed by atoms with Crippen LogP contribution >= 0.6 is 11.6 Å². The molecule has 1 atom stereocenters. The summed E-state index contributed by atoms with van der Waals surface area (Å²) >= 11 is 5.98. The molecule has 0 bridgehead atoms. The van der Waals surface area contributed by atoms with Gasteiger partial charge in [-0.15, -0.1) is 0 Å². The summed E-state index contributed by atoms with van der Waals surface area (Å²) in [4.78, 5) is 16.3. The van der Waals surface area contributed by atoms with Crippen molar-refractivity contribution in [2.45, 2.75) is 12.5 Å². The summed E-state index contributed by atoms with van der Waals surface area (Å²) in [5.74, 6) is 0.734. The van der Waals surface area contributed by atoms with Gasteiger partial charge in [-0.2, -0.15) is 0 Å². The van der Waals surface area contributed by atoms with Crippen molar-refractivity contribution in [2.24, 2.45) is 0 Å². The summed E-state index contributed by atoms with van der Waals surface area (Å²) in [5.41, 5.74) is 1.78. The molecule has 1 aliphatic heterocycles. The summed E-state index contributed by atoms with van der Waals surface area (Å²) in [6.07, 6.45) is 0.781. The van der Waals surface area contributed by atoms with Crippen LogP contribution in [0.5, 0.6) is 5.75 Å². The third-order valence-corrected chi connectivity index (χ3v) is 4.39. The largest absolute Gasteiger partial charge is 0.488 e. The Morgan fingerprint density at radius 3 is 2.80 bits per heavy atom. The van der Waals surface area contributed by atoms with Gasteiger partial charge in [0.1, 0.15) is 11.9 Å². The van der Waals surface area contributed by atoms with Gasteiger partial charge in [0.25, 0.3) is 0 Å². The SMILES string of the molecule is CN(C)c1ccccc1NC(=O)N1CC[C@@H](Oc2cccc(Cl)c2)C1. The fraction of sp³-hybridized carbons (Fsp3) is 0.316. The number of amides is 2. The Morgan fingerprint density at radius 2 is 2.04 bits per heavy atom. The second kappa shape index (κ2) is 7.66. The number of anilines is 2. The van der Waals surface area contributed by atoms with E-state index >= 15 is 0 Å². The molecule has 2 aromatic rings. The van der Waals surface area contributed by atoms with Crippen LogP contribution in [0.25, 0.3) is 0 Å². The average molecular weight is 360 g/mol. The molecule has 1 N–H and O–H groups in total. The number of hydrogen-bond donors (Lipinski definition) is 1. The van der Waals surface area contributed by atoms with Crippen molar-refractivity contribution in [3.05, 3.63) is 53.6 Å². The zero-order valence-electron chi connectivity index (χ0n) is 14.4. The average Bonchev–Trinajstić information content (AvgIpc) is 3.04. The van der Waals surface area contributed by atoms with E-state index in [2.05, 4.69) is 5.32 Å². The number of halogens is 1. The highest BCUT2D eigenvalue weighted by Crippen LogP contribution is 2.25. The maximum Gasteiger partial charge on any atom is 0.322 e. The van der Waals surface area contributed by atoms with E-state index in [1.54, 1.807) is 11.0 Å². The van der Waals surface area contributed by atoms with Crippen molar-refractivity contribution in [1.82, 2.24) is 4.90 Å². The van der Waals surface area contributed by atoms with Gasteiger partial charge >= 0.3 is 6.03 Å². The Labute approximate surface area is 153 Å². The van der Waals surface area contributed by atoms with Crippen LogP contribution < -0.4 is 15.0 Å². The van der Waals surface area contributed by atoms with E-state index in [-0.39, 0.29) is 12.1 Å². The van der Waals surface area contributed by atoms with Gasteiger partial charge in [0.15, 0.2) is 0 Å². The third kappa shape index (κ3) is 4.37. The van der Waals surface area contributed by atoms with Crippen molar-refractivity contribution in [2.75, 3.05) is 37.4 Å². The zero-order valence-corrected chi connectivity index (χ0v) is 15.2. The Balaban J connectivity index is 1.59. The highest BCUT2D eigenvalue weighted by Gasteiger charge is 2.28. The summed E-state index contributed by atoms with van der Waals surface area (Å²) in [6.45, 7) is 1.23. The first kappa shape index (κ1) is 17.4. The molecule has 25 heavy (non-hydrogen) atoms. The van der Waals surface area contributed by atoms with Crippen LogP contribution in [0.3, 0.4) is 0 Å². The molecule has 0 aliphatic carbocycles. The highest BCUT2D eigenvalue weighted by molar-refractivity contribution is 6.30. The Hall–Kier alpha value is -2.40. The standard InChI is InChI=1S/C19H22ClN3O2/c1-22(2)18-9-4-3-8-17(18)21-19(24)23-11-10-16(13-23)25-15-7-5-6-14(20)12-15/h3-9,12,16H,10-11,13H2,1-2H3,(H,21,24)/t16-/m1/s1. The first-order chi connectivity index (χ1) is 12.0. The van der Waals surface area contributed by atoms with Crippen molar-refractivity contribution < 1.29 is 9.53 Å². The van der Waals surface area contributed by atoms with Gasteiger partial charge in [0, 0.05) is 32.1 Å². The van der Waals surface area contributed by atoms with Gasteiger partial charge in [-0.3, -0.25) is 0 Å². The number of likely N-dealkylation sites (tertiary alicyclic amines) is 1. The second-order valence-corrected chi connectivity index (χ2v) is 6.71. The minimum atomic E-state index is -0.105. The van der Waals surface area contributed by atoms with Crippen LogP contribution in [0.4, 0.5) is 16.2 Å². The van der Waals surface area contributed by atoms with E-state index in [0.29, 0.717) is 18.1 Å². The summed E-state index contributed by atoms with van der Waals surface area (Å²) in [5, 5.41) is 3.64. The molecule has 1 fully saturated rings. The van der Waals surface area contributed by atoms with E-state index in [1.807, 2.05) is 61.5 Å². The number of rotatable bonds is 4. The molecule has 0 saturated carbocycles. The lowest BCUT2D eigenvalue weighted by Gasteiger charge is -2.21. The molecule has 2 aromatic carbocycles. The van der Waals surface area contributed by atoms with Crippen molar-refractivity contribution >= 4 is 29.0 Å². The zero-order chi connectivity index (χ0) is 17.8. The van der Waals surface area contributed by atoms with Crippen molar-refractivity contribution in [3.63, 3.8) is 0 Å². The summed E-state index contributed by atoms with van der Waals surface area (Å²) in [6, 6.07) is 15.0. The predicted octanol–water partition coefficient (Wildman–Crippen LogP) is 4.09. The molecule has 5 nitrogen and oxygen atoms in total. The quantitative estimate of drug-likeness (QED) is 0.894. The van der Waals surface area contributed by atoms with E-state index in [1.165, 1.54) is 0 Å². The van der Waals surface area contributed by atoms with Gasteiger partial charge in [-0.25, -0.2) is 4.79 Å². The number of urea groups is 1. The Morgan fingerprint density at radius 1 is 1.24 bits per heavy atom. The van der Waals surface area contributed by atoms with E-state index < -0.39 is 0 Å². The molecule has 1 heterocycles. The number of para-hydroxylation sites is 2. The first-order valence-electron chi connectivity index (χ1n) is 8.27. The molecule has 1 saturated heterocycles. The predicted molar refractivity (Wildman–Crippen MR) is 102 cm³/mol. The number of ether oxygens (including phenoxy) is 1. The topological polar surface area (TPSA) is 44.8 Å². The number of carbonyl (C=O) groups is 1. The van der Waals surface area contributed by atoms with E-state index in [0.717, 1.165) is 23.5 Å². The summed E-state index contributed by atoms with van der Waals surface area (Å²) < 4.78 is 5.93. The molecule has 2 amide bonds. The fourth-order valence-electron chi connectivity index (χ4n) is 2.91. The third-order valence-electron chi connectivity index (χ3n) is 4.16. The number of nitrogens with one attached hydrogen (secondary N) is 1. The maximum absolute atomic E-state index is 12.6. The van der Waals surface area contributed by atoms with Crippen LogP contribution in [0, 0.1) is 0 Å². The van der Waals surface area contributed by atoms with E-state index in [4.69, 9.17) is 16.3 Å². The lowest BCUT2D eigenvalue weighted by atomic mass is 10.2. The van der Waals surface area contributed by atoms with E-state index in [9.17, 15) is 4.79 Å². The molecular formula is C19H22ClN3O2.